The van der Waals surface area contributed by atoms with Crippen molar-refractivity contribution in [1.82, 2.24) is 4.90 Å². The topological polar surface area (TPSA) is 58.4 Å². The molecule has 3 N–H and O–H groups in total. The van der Waals surface area contributed by atoms with Gasteiger partial charge in [0.05, 0.1) is 12.1 Å². The summed E-state index contributed by atoms with van der Waals surface area (Å²) in [6.45, 7) is -1.29. The first-order valence-electron chi connectivity index (χ1n) is 5.66. The Hall–Kier alpha value is -1.99. The second kappa shape index (κ2) is 5.98. The molecule has 1 amide bonds. The maximum absolute atomic E-state index is 12.9. The highest BCUT2D eigenvalue weighted by Gasteiger charge is 2.40. The third-order valence-corrected chi connectivity index (χ3v) is 2.51. The fourth-order valence-electron chi connectivity index (χ4n) is 1.43. The van der Waals surface area contributed by atoms with Crippen LogP contribution in [-0.2, 0) is 0 Å². The third kappa shape index (κ3) is 3.75. The van der Waals surface area contributed by atoms with Crippen LogP contribution in [0.15, 0.2) is 18.2 Å². The van der Waals surface area contributed by atoms with Gasteiger partial charge in [0.2, 0.25) is 0 Å². The van der Waals surface area contributed by atoms with E-state index in [-0.39, 0.29) is 16.9 Å². The van der Waals surface area contributed by atoms with Crippen LogP contribution in [-0.4, -0.2) is 43.8 Å². The molecule has 1 rings (SSSR count). The monoisotopic (exact) mass is 293 g/mol. The number of carbonyl (C=O) groups is 1. The van der Waals surface area contributed by atoms with E-state index in [1.165, 1.54) is 37.2 Å². The number of nitrogens with one attached hydrogen (secondary N) is 1. The Morgan fingerprint density at radius 1 is 1.40 bits per heavy atom. The van der Waals surface area contributed by atoms with Gasteiger partial charge in [-0.25, -0.2) is 8.78 Å². The first kappa shape index (κ1) is 16.1. The van der Waals surface area contributed by atoms with Gasteiger partial charge in [0.25, 0.3) is 5.91 Å². The van der Waals surface area contributed by atoms with Crippen LogP contribution in [0.2, 0.25) is 0 Å². The highest BCUT2D eigenvalue weighted by Crippen LogP contribution is 2.26. The summed E-state index contributed by atoms with van der Waals surface area (Å²) >= 11 is 0. The van der Waals surface area contributed by atoms with Crippen molar-refractivity contribution in [3.63, 3.8) is 0 Å². The van der Waals surface area contributed by atoms with Crippen molar-refractivity contribution in [1.29, 1.82) is 0 Å². The summed E-state index contributed by atoms with van der Waals surface area (Å²) in [7, 11) is 2.96. The number of carbonyl (C=O) groups excluding carboxylic acids is 1. The molecule has 20 heavy (non-hydrogen) atoms. The Labute approximate surface area is 113 Å². The van der Waals surface area contributed by atoms with E-state index in [1.807, 2.05) is 0 Å². The summed E-state index contributed by atoms with van der Waals surface area (Å²) in [6, 6.07) is 4.02. The van der Waals surface area contributed by atoms with E-state index in [9.17, 15) is 22.4 Å². The number of nitrogen functional groups attached to an aromatic ring is 1. The number of rotatable bonds is 5. The van der Waals surface area contributed by atoms with E-state index in [2.05, 4.69) is 5.32 Å². The smallest absolute Gasteiger partial charge is 0.324 e. The molecule has 0 heterocycles. The van der Waals surface area contributed by atoms with Crippen molar-refractivity contribution < 1.29 is 22.4 Å². The molecule has 0 aromatic heterocycles. The lowest BCUT2D eigenvalue weighted by atomic mass is 10.1. The number of alkyl halides is 4. The summed E-state index contributed by atoms with van der Waals surface area (Å²) in [4.78, 5) is 13.1. The first-order chi connectivity index (χ1) is 9.15. The predicted octanol–water partition coefficient (Wildman–Crippen LogP) is 2.28. The van der Waals surface area contributed by atoms with Gasteiger partial charge in [-0.15, -0.1) is 0 Å². The van der Waals surface area contributed by atoms with Gasteiger partial charge in [-0.05, 0) is 18.2 Å². The summed E-state index contributed by atoms with van der Waals surface area (Å²) in [5.41, 5.74) is 5.80. The quantitative estimate of drug-likeness (QED) is 0.647. The minimum atomic E-state index is -4.19. The number of nitrogens with two attached hydrogens (primary N) is 1. The zero-order valence-corrected chi connectivity index (χ0v) is 11.0. The molecule has 0 radical (unpaired) electrons. The molecule has 1 aromatic rings. The lowest BCUT2D eigenvalue weighted by Crippen LogP contribution is -2.35. The molecule has 112 valence electrons. The minimum absolute atomic E-state index is 0.0102. The number of hydrogen-bond donors (Lipinski definition) is 2. The molecular formula is C12H15F4N3O. The molecule has 0 aliphatic heterocycles. The normalized spacial score (nSPS) is 11.6. The lowest BCUT2D eigenvalue weighted by Gasteiger charge is -2.19. The predicted molar refractivity (Wildman–Crippen MR) is 68.3 cm³/mol. The van der Waals surface area contributed by atoms with Gasteiger partial charge in [0.15, 0.2) is 0 Å². The summed E-state index contributed by atoms with van der Waals surface area (Å²) < 4.78 is 50.0. The molecular weight excluding hydrogens is 278 g/mol. The van der Waals surface area contributed by atoms with Crippen LogP contribution in [0.4, 0.5) is 28.9 Å². The van der Waals surface area contributed by atoms with Crippen molar-refractivity contribution in [3.8, 4) is 0 Å². The van der Waals surface area contributed by atoms with Crippen molar-refractivity contribution in [2.45, 2.75) is 12.3 Å². The molecule has 0 aliphatic rings. The van der Waals surface area contributed by atoms with Gasteiger partial charge in [-0.3, -0.25) is 4.79 Å². The van der Waals surface area contributed by atoms with E-state index in [1.54, 1.807) is 0 Å². The van der Waals surface area contributed by atoms with Gasteiger partial charge in [-0.1, -0.05) is 0 Å². The molecule has 0 unspecified atom stereocenters. The fraction of sp³-hybridized carbons (Fsp3) is 0.417. The van der Waals surface area contributed by atoms with Crippen molar-refractivity contribution in [2.24, 2.45) is 0 Å². The number of hydrogen-bond acceptors (Lipinski definition) is 3. The Morgan fingerprint density at radius 2 is 2.00 bits per heavy atom. The van der Waals surface area contributed by atoms with E-state index in [0.29, 0.717) is 0 Å². The van der Waals surface area contributed by atoms with Crippen LogP contribution in [0.3, 0.4) is 0 Å². The molecule has 0 saturated carbocycles. The Balaban J connectivity index is 2.99. The summed E-state index contributed by atoms with van der Waals surface area (Å²) in [6.07, 6.45) is -3.79. The van der Waals surface area contributed by atoms with Gasteiger partial charge < -0.3 is 16.0 Å². The number of anilines is 2. The van der Waals surface area contributed by atoms with Crippen LogP contribution >= 0.6 is 0 Å². The largest absolute Gasteiger partial charge is 0.399 e. The standard InChI is InChI=1S/C12H15F4N3O/c1-19(2)10(20)8-4-3-7(17)5-9(8)18-6-12(15,16)11(13)14/h3-5,11,18H,6,17H2,1-2H3. The maximum atomic E-state index is 12.9. The fourth-order valence-corrected chi connectivity index (χ4v) is 1.43. The van der Waals surface area contributed by atoms with Crippen molar-refractivity contribution >= 4 is 17.3 Å². The average Bonchev–Trinajstić information content (AvgIpc) is 2.35. The van der Waals surface area contributed by atoms with E-state index >= 15 is 0 Å². The maximum Gasteiger partial charge on any atom is 0.324 e. The highest BCUT2D eigenvalue weighted by atomic mass is 19.3. The Kier molecular flexibility index (Phi) is 4.80. The molecule has 1 aromatic carbocycles. The zero-order valence-electron chi connectivity index (χ0n) is 11.0. The molecule has 0 saturated heterocycles. The van der Waals surface area contributed by atoms with Crippen molar-refractivity contribution in [2.75, 3.05) is 31.7 Å². The number of halogens is 4. The Morgan fingerprint density at radius 3 is 2.50 bits per heavy atom. The highest BCUT2D eigenvalue weighted by molar-refractivity contribution is 6.00. The molecule has 0 aliphatic carbocycles. The van der Waals surface area contributed by atoms with Crippen LogP contribution in [0, 0.1) is 0 Å². The minimum Gasteiger partial charge on any atom is -0.399 e. The second-order valence-electron chi connectivity index (χ2n) is 4.42. The first-order valence-corrected chi connectivity index (χ1v) is 5.66. The second-order valence-corrected chi connectivity index (χ2v) is 4.42. The number of amides is 1. The van der Waals surface area contributed by atoms with Crippen LogP contribution in [0.5, 0.6) is 0 Å². The van der Waals surface area contributed by atoms with Crippen molar-refractivity contribution in [3.05, 3.63) is 23.8 Å². The van der Waals surface area contributed by atoms with Crippen LogP contribution < -0.4 is 11.1 Å². The average molecular weight is 293 g/mol. The van der Waals surface area contributed by atoms with Gasteiger partial charge >= 0.3 is 12.3 Å². The zero-order chi connectivity index (χ0) is 15.5. The van der Waals surface area contributed by atoms with Gasteiger partial charge in [-0.2, -0.15) is 8.78 Å². The van der Waals surface area contributed by atoms with Crippen LogP contribution in [0.25, 0.3) is 0 Å². The Bertz CT molecular complexity index is 492. The third-order valence-electron chi connectivity index (χ3n) is 2.51. The van der Waals surface area contributed by atoms with E-state index in [4.69, 9.17) is 5.73 Å². The SMILES string of the molecule is CN(C)C(=O)c1ccc(N)cc1NCC(F)(F)C(F)F. The molecule has 8 heteroatoms. The lowest BCUT2D eigenvalue weighted by molar-refractivity contribution is -0.117. The number of benzene rings is 1. The van der Waals surface area contributed by atoms with Gasteiger partial charge in [0.1, 0.15) is 0 Å². The van der Waals surface area contributed by atoms with E-state index in [0.717, 1.165) is 0 Å². The van der Waals surface area contributed by atoms with Gasteiger partial charge in [0, 0.05) is 25.5 Å². The molecule has 0 atom stereocenters. The summed E-state index contributed by atoms with van der Waals surface area (Å²) in [5.74, 6) is -4.64. The molecule has 4 nitrogen and oxygen atoms in total. The van der Waals surface area contributed by atoms with E-state index < -0.39 is 24.8 Å². The molecule has 0 fully saturated rings. The van der Waals surface area contributed by atoms with Crippen LogP contribution in [0.1, 0.15) is 10.4 Å². The molecule has 0 spiro atoms. The number of nitrogens with zero attached hydrogens (tertiary/aromatic N) is 1. The summed E-state index contributed by atoms with van der Waals surface area (Å²) in [5, 5.41) is 2.15. The molecule has 0 bridgehead atoms.